The summed E-state index contributed by atoms with van der Waals surface area (Å²) in [5.41, 5.74) is 2.50. The van der Waals surface area contributed by atoms with Crippen molar-refractivity contribution in [1.29, 1.82) is 0 Å². The predicted octanol–water partition coefficient (Wildman–Crippen LogP) is 5.07. The van der Waals surface area contributed by atoms with Crippen LogP contribution in [0.4, 0.5) is 11.4 Å². The zero-order valence-corrected chi connectivity index (χ0v) is 19.1. The van der Waals surface area contributed by atoms with Crippen molar-refractivity contribution < 1.29 is 9.59 Å². The molecule has 1 aromatic carbocycles. The molecule has 1 saturated heterocycles. The van der Waals surface area contributed by atoms with E-state index in [-0.39, 0.29) is 17.2 Å². The van der Waals surface area contributed by atoms with Gasteiger partial charge in [-0.3, -0.25) is 9.59 Å². The van der Waals surface area contributed by atoms with Gasteiger partial charge in [0.2, 0.25) is 5.91 Å². The molecule has 1 heterocycles. The third kappa shape index (κ3) is 7.71. The SMILES string of the molecule is CC(C)CNC(=O)c1cc(NC(=O)C[C@H](C)CC(C)(C)C)ccc1N1CCCC1. The first-order valence-electron chi connectivity index (χ1n) is 11.0. The van der Waals surface area contributed by atoms with E-state index in [2.05, 4.69) is 57.1 Å². The van der Waals surface area contributed by atoms with E-state index >= 15 is 0 Å². The van der Waals surface area contributed by atoms with Gasteiger partial charge in [-0.15, -0.1) is 0 Å². The number of nitrogens with one attached hydrogen (secondary N) is 2. The number of anilines is 2. The maximum absolute atomic E-state index is 12.8. The molecule has 2 rings (SSSR count). The summed E-state index contributed by atoms with van der Waals surface area (Å²) >= 11 is 0. The van der Waals surface area contributed by atoms with Gasteiger partial charge in [-0.05, 0) is 54.7 Å². The lowest BCUT2D eigenvalue weighted by Crippen LogP contribution is -2.30. The molecule has 1 atom stereocenters. The minimum Gasteiger partial charge on any atom is -0.371 e. The van der Waals surface area contributed by atoms with Crippen LogP contribution in [0.5, 0.6) is 0 Å². The third-order valence-corrected chi connectivity index (χ3v) is 5.14. The van der Waals surface area contributed by atoms with Crippen LogP contribution >= 0.6 is 0 Å². The van der Waals surface area contributed by atoms with Crippen molar-refractivity contribution in [3.63, 3.8) is 0 Å². The zero-order chi connectivity index (χ0) is 21.6. The summed E-state index contributed by atoms with van der Waals surface area (Å²) in [6.45, 7) is 15.4. The molecular weight excluding hydrogens is 362 g/mol. The molecule has 0 aliphatic carbocycles. The van der Waals surface area contributed by atoms with Crippen LogP contribution in [0.15, 0.2) is 18.2 Å². The molecule has 162 valence electrons. The first-order chi connectivity index (χ1) is 13.5. The summed E-state index contributed by atoms with van der Waals surface area (Å²) in [6, 6.07) is 5.72. The van der Waals surface area contributed by atoms with E-state index in [1.54, 1.807) is 0 Å². The quantitative estimate of drug-likeness (QED) is 0.639. The predicted molar refractivity (Wildman–Crippen MR) is 122 cm³/mol. The van der Waals surface area contributed by atoms with Gasteiger partial charge in [-0.2, -0.15) is 0 Å². The lowest BCUT2D eigenvalue weighted by Gasteiger charge is -2.23. The van der Waals surface area contributed by atoms with Gasteiger partial charge in [0.05, 0.1) is 5.56 Å². The Hall–Kier alpha value is -2.04. The Morgan fingerprint density at radius 2 is 1.76 bits per heavy atom. The summed E-state index contributed by atoms with van der Waals surface area (Å²) in [7, 11) is 0. The Morgan fingerprint density at radius 3 is 2.34 bits per heavy atom. The average molecular weight is 402 g/mol. The highest BCUT2D eigenvalue weighted by Crippen LogP contribution is 2.29. The number of carbonyl (C=O) groups excluding carboxylic acids is 2. The highest BCUT2D eigenvalue weighted by molar-refractivity contribution is 6.02. The Labute approximate surface area is 176 Å². The maximum atomic E-state index is 12.8. The van der Waals surface area contributed by atoms with Crippen LogP contribution in [-0.4, -0.2) is 31.4 Å². The smallest absolute Gasteiger partial charge is 0.253 e. The van der Waals surface area contributed by atoms with Gasteiger partial charge in [0.25, 0.3) is 5.91 Å². The van der Waals surface area contributed by atoms with E-state index in [0.29, 0.717) is 36.1 Å². The molecule has 2 amide bonds. The molecule has 1 aromatic rings. The van der Waals surface area contributed by atoms with E-state index in [1.807, 2.05) is 18.2 Å². The van der Waals surface area contributed by atoms with Gasteiger partial charge < -0.3 is 15.5 Å². The first-order valence-corrected chi connectivity index (χ1v) is 11.0. The maximum Gasteiger partial charge on any atom is 0.253 e. The molecule has 1 aliphatic heterocycles. The molecule has 0 spiro atoms. The van der Waals surface area contributed by atoms with Gasteiger partial charge in [0.1, 0.15) is 0 Å². The molecule has 5 nitrogen and oxygen atoms in total. The highest BCUT2D eigenvalue weighted by Gasteiger charge is 2.21. The van der Waals surface area contributed by atoms with E-state index < -0.39 is 0 Å². The van der Waals surface area contributed by atoms with Gasteiger partial charge >= 0.3 is 0 Å². The molecule has 0 bridgehead atoms. The molecule has 0 radical (unpaired) electrons. The van der Waals surface area contributed by atoms with Crippen LogP contribution in [0.25, 0.3) is 0 Å². The van der Waals surface area contributed by atoms with Crippen LogP contribution in [0.3, 0.4) is 0 Å². The molecule has 1 fully saturated rings. The second-order valence-corrected chi connectivity index (χ2v) is 10.2. The minimum absolute atomic E-state index is 0.00390. The van der Waals surface area contributed by atoms with Gasteiger partial charge in [0, 0.05) is 37.4 Å². The molecule has 0 saturated carbocycles. The number of hydrogen-bond donors (Lipinski definition) is 2. The fourth-order valence-electron chi connectivity index (χ4n) is 4.07. The monoisotopic (exact) mass is 401 g/mol. The topological polar surface area (TPSA) is 61.4 Å². The average Bonchev–Trinajstić information content (AvgIpc) is 3.12. The molecule has 2 N–H and O–H groups in total. The van der Waals surface area contributed by atoms with Crippen molar-refractivity contribution in [1.82, 2.24) is 5.32 Å². The van der Waals surface area contributed by atoms with Gasteiger partial charge in [-0.25, -0.2) is 0 Å². The first kappa shape index (κ1) is 23.2. The summed E-state index contributed by atoms with van der Waals surface area (Å²) in [5, 5.41) is 6.02. The Bertz CT molecular complexity index is 701. The Morgan fingerprint density at radius 1 is 1.10 bits per heavy atom. The number of amides is 2. The van der Waals surface area contributed by atoms with Gasteiger partial charge in [-0.1, -0.05) is 41.5 Å². The summed E-state index contributed by atoms with van der Waals surface area (Å²) in [6.07, 6.45) is 3.78. The van der Waals surface area contributed by atoms with E-state index in [4.69, 9.17) is 0 Å². The van der Waals surface area contributed by atoms with E-state index in [0.717, 1.165) is 38.0 Å². The second-order valence-electron chi connectivity index (χ2n) is 10.2. The Kier molecular flexibility index (Phi) is 8.12. The Balaban J connectivity index is 2.13. The van der Waals surface area contributed by atoms with Crippen LogP contribution in [0, 0.1) is 17.3 Å². The molecule has 5 heteroatoms. The number of benzene rings is 1. The molecule has 0 aromatic heterocycles. The van der Waals surface area contributed by atoms with E-state index in [9.17, 15) is 9.59 Å². The summed E-state index contributed by atoms with van der Waals surface area (Å²) < 4.78 is 0. The normalized spacial score (nSPS) is 15.5. The van der Waals surface area contributed by atoms with Gasteiger partial charge in [0.15, 0.2) is 0 Å². The molecule has 1 aliphatic rings. The minimum atomic E-state index is -0.0715. The largest absolute Gasteiger partial charge is 0.371 e. The van der Waals surface area contributed by atoms with E-state index in [1.165, 1.54) is 0 Å². The number of carbonyl (C=O) groups is 2. The van der Waals surface area contributed by atoms with Crippen molar-refractivity contribution in [3.05, 3.63) is 23.8 Å². The standard InChI is InChI=1S/C24H39N3O2/c1-17(2)16-25-23(29)20-14-19(9-10-21(20)27-11-7-8-12-27)26-22(28)13-18(3)15-24(4,5)6/h9-10,14,17-18H,7-8,11-13,15-16H2,1-6H3,(H,25,29)(H,26,28)/t18-/m0/s1. The fraction of sp³-hybridized carbons (Fsp3) is 0.667. The lowest BCUT2D eigenvalue weighted by molar-refractivity contribution is -0.117. The summed E-state index contributed by atoms with van der Waals surface area (Å²) in [5.74, 6) is 0.635. The number of nitrogens with zero attached hydrogens (tertiary/aromatic N) is 1. The molecule has 0 unspecified atom stereocenters. The molecular formula is C24H39N3O2. The number of hydrogen-bond acceptors (Lipinski definition) is 3. The van der Waals surface area contributed by atoms with Crippen molar-refractivity contribution in [2.45, 2.75) is 67.2 Å². The number of rotatable bonds is 8. The van der Waals surface area contributed by atoms with Crippen molar-refractivity contribution in [2.24, 2.45) is 17.3 Å². The highest BCUT2D eigenvalue weighted by atomic mass is 16.2. The van der Waals surface area contributed by atoms with Crippen LogP contribution in [-0.2, 0) is 4.79 Å². The van der Waals surface area contributed by atoms with Crippen molar-refractivity contribution in [3.8, 4) is 0 Å². The second kappa shape index (κ2) is 10.1. The van der Waals surface area contributed by atoms with Crippen molar-refractivity contribution >= 4 is 23.2 Å². The fourth-order valence-corrected chi connectivity index (χ4v) is 4.07. The lowest BCUT2D eigenvalue weighted by atomic mass is 9.84. The summed E-state index contributed by atoms with van der Waals surface area (Å²) in [4.78, 5) is 27.6. The van der Waals surface area contributed by atoms with Crippen LogP contribution in [0.2, 0.25) is 0 Å². The molecule has 29 heavy (non-hydrogen) atoms. The van der Waals surface area contributed by atoms with Crippen LogP contribution < -0.4 is 15.5 Å². The zero-order valence-electron chi connectivity index (χ0n) is 19.1. The third-order valence-electron chi connectivity index (χ3n) is 5.14. The van der Waals surface area contributed by atoms with Crippen molar-refractivity contribution in [2.75, 3.05) is 29.9 Å². The van der Waals surface area contributed by atoms with Crippen LogP contribution in [0.1, 0.15) is 77.6 Å².